The third-order valence-electron chi connectivity index (χ3n) is 2.98. The number of hydrogen-bond donors (Lipinski definition) is 1. The van der Waals surface area contributed by atoms with Crippen molar-refractivity contribution in [3.8, 4) is 0 Å². The second-order valence-corrected chi connectivity index (χ2v) is 5.31. The number of rotatable bonds is 8. The minimum absolute atomic E-state index is 0.0983. The lowest BCUT2D eigenvalue weighted by Gasteiger charge is -2.24. The fourth-order valence-electron chi connectivity index (χ4n) is 1.64. The normalized spacial score (nSPS) is 13.4. The largest absolute Gasteiger partial charge is 0.401 e. The molecule has 0 amide bonds. The molecule has 0 saturated heterocycles. The minimum atomic E-state index is -4.09. The average Bonchev–Trinajstić information content (AvgIpc) is 2.21. The molecule has 0 rings (SSSR count). The first kappa shape index (κ1) is 16.7. The summed E-state index contributed by atoms with van der Waals surface area (Å²) in [5, 5.41) is 0. The Bertz CT molecular complexity index is 202. The standard InChI is InChI=1S/C12H25F3N2/c1-4-17(10-12(13,14)15)8-6-5-7-11(2,3)9-16/h4-10,16H2,1-3H3. The Morgan fingerprint density at radius 2 is 1.71 bits per heavy atom. The zero-order valence-corrected chi connectivity index (χ0v) is 11.1. The molecule has 0 bridgehead atoms. The summed E-state index contributed by atoms with van der Waals surface area (Å²) in [4.78, 5) is 1.44. The lowest BCUT2D eigenvalue weighted by molar-refractivity contribution is -0.145. The highest BCUT2D eigenvalue weighted by atomic mass is 19.4. The molecule has 0 aromatic carbocycles. The van der Waals surface area contributed by atoms with Crippen LogP contribution in [-0.4, -0.2) is 37.3 Å². The smallest absolute Gasteiger partial charge is 0.330 e. The summed E-state index contributed by atoms with van der Waals surface area (Å²) in [7, 11) is 0. The van der Waals surface area contributed by atoms with Gasteiger partial charge < -0.3 is 5.73 Å². The quantitative estimate of drug-likeness (QED) is 0.675. The van der Waals surface area contributed by atoms with Crippen molar-refractivity contribution in [1.29, 1.82) is 0 Å². The van der Waals surface area contributed by atoms with E-state index in [1.807, 2.05) is 0 Å². The van der Waals surface area contributed by atoms with Gasteiger partial charge in [0.15, 0.2) is 0 Å². The van der Waals surface area contributed by atoms with Gasteiger partial charge in [0.05, 0.1) is 6.54 Å². The van der Waals surface area contributed by atoms with Gasteiger partial charge in [-0.1, -0.05) is 27.2 Å². The highest BCUT2D eigenvalue weighted by Crippen LogP contribution is 2.22. The maximum atomic E-state index is 12.2. The molecule has 0 spiro atoms. The Hall–Kier alpha value is -0.290. The zero-order valence-electron chi connectivity index (χ0n) is 11.1. The van der Waals surface area contributed by atoms with Crippen molar-refractivity contribution in [3.05, 3.63) is 0 Å². The second-order valence-electron chi connectivity index (χ2n) is 5.31. The number of hydrogen-bond acceptors (Lipinski definition) is 2. The van der Waals surface area contributed by atoms with Crippen LogP contribution in [0.3, 0.4) is 0 Å². The first-order valence-electron chi connectivity index (χ1n) is 6.19. The van der Waals surface area contributed by atoms with Gasteiger partial charge in [0.25, 0.3) is 0 Å². The van der Waals surface area contributed by atoms with Crippen LogP contribution in [0.4, 0.5) is 13.2 Å². The van der Waals surface area contributed by atoms with Gasteiger partial charge in [-0.2, -0.15) is 13.2 Å². The highest BCUT2D eigenvalue weighted by molar-refractivity contribution is 4.70. The molecule has 0 unspecified atom stereocenters. The molecule has 0 saturated carbocycles. The van der Waals surface area contributed by atoms with Gasteiger partial charge in [-0.3, -0.25) is 4.90 Å². The monoisotopic (exact) mass is 254 g/mol. The summed E-state index contributed by atoms with van der Waals surface area (Å²) in [5.74, 6) is 0. The van der Waals surface area contributed by atoms with Crippen molar-refractivity contribution < 1.29 is 13.2 Å². The molecular formula is C12H25F3N2. The van der Waals surface area contributed by atoms with Crippen LogP contribution in [-0.2, 0) is 0 Å². The molecule has 0 aliphatic heterocycles. The maximum absolute atomic E-state index is 12.2. The van der Waals surface area contributed by atoms with Crippen molar-refractivity contribution in [2.75, 3.05) is 26.2 Å². The van der Waals surface area contributed by atoms with Crippen LogP contribution in [0.1, 0.15) is 40.0 Å². The van der Waals surface area contributed by atoms with E-state index in [1.54, 1.807) is 6.92 Å². The SMILES string of the molecule is CCN(CCCCC(C)(C)CN)CC(F)(F)F. The molecule has 0 aromatic heterocycles. The molecule has 5 heteroatoms. The maximum Gasteiger partial charge on any atom is 0.401 e. The summed E-state index contributed by atoms with van der Waals surface area (Å²) in [6.07, 6.45) is -1.40. The lowest BCUT2D eigenvalue weighted by Crippen LogP contribution is -2.35. The molecule has 0 heterocycles. The molecule has 0 aliphatic rings. The van der Waals surface area contributed by atoms with E-state index in [9.17, 15) is 13.2 Å². The first-order chi connectivity index (χ1) is 7.70. The molecule has 2 nitrogen and oxygen atoms in total. The van der Waals surface area contributed by atoms with E-state index in [-0.39, 0.29) is 5.41 Å². The van der Waals surface area contributed by atoms with E-state index in [1.165, 1.54) is 4.90 Å². The van der Waals surface area contributed by atoms with Crippen LogP contribution >= 0.6 is 0 Å². The number of nitrogens with zero attached hydrogens (tertiary/aromatic N) is 1. The molecular weight excluding hydrogens is 229 g/mol. The van der Waals surface area contributed by atoms with E-state index < -0.39 is 12.7 Å². The number of nitrogens with two attached hydrogens (primary N) is 1. The Labute approximate surface area is 102 Å². The van der Waals surface area contributed by atoms with E-state index >= 15 is 0 Å². The van der Waals surface area contributed by atoms with Gasteiger partial charge in [0.1, 0.15) is 0 Å². The van der Waals surface area contributed by atoms with Gasteiger partial charge in [0, 0.05) is 0 Å². The van der Waals surface area contributed by atoms with Crippen molar-refractivity contribution in [3.63, 3.8) is 0 Å². The van der Waals surface area contributed by atoms with Crippen molar-refractivity contribution in [2.24, 2.45) is 11.1 Å². The van der Waals surface area contributed by atoms with Crippen LogP contribution in [0, 0.1) is 5.41 Å². The minimum Gasteiger partial charge on any atom is -0.330 e. The number of halogens is 3. The molecule has 0 atom stereocenters. The molecule has 17 heavy (non-hydrogen) atoms. The fourth-order valence-corrected chi connectivity index (χ4v) is 1.64. The Morgan fingerprint density at radius 1 is 1.12 bits per heavy atom. The van der Waals surface area contributed by atoms with Crippen molar-refractivity contribution >= 4 is 0 Å². The van der Waals surface area contributed by atoms with Gasteiger partial charge in [0.2, 0.25) is 0 Å². The topological polar surface area (TPSA) is 29.3 Å². The van der Waals surface area contributed by atoms with E-state index in [4.69, 9.17) is 5.73 Å². The summed E-state index contributed by atoms with van der Waals surface area (Å²) in [5.41, 5.74) is 5.70. The van der Waals surface area contributed by atoms with Crippen molar-refractivity contribution in [1.82, 2.24) is 4.90 Å². The van der Waals surface area contributed by atoms with E-state index in [2.05, 4.69) is 13.8 Å². The van der Waals surface area contributed by atoms with Crippen LogP contribution < -0.4 is 5.73 Å². The molecule has 0 aliphatic carbocycles. The van der Waals surface area contributed by atoms with Crippen LogP contribution in [0.15, 0.2) is 0 Å². The summed E-state index contributed by atoms with van der Waals surface area (Å²) in [6, 6.07) is 0. The Kier molecular flexibility index (Phi) is 7.09. The first-order valence-corrected chi connectivity index (χ1v) is 6.19. The molecule has 2 N–H and O–H groups in total. The van der Waals surface area contributed by atoms with Gasteiger partial charge >= 0.3 is 6.18 Å². The third kappa shape index (κ3) is 9.41. The number of alkyl halides is 3. The van der Waals surface area contributed by atoms with Gasteiger partial charge in [-0.25, -0.2) is 0 Å². The van der Waals surface area contributed by atoms with Crippen LogP contribution in [0.25, 0.3) is 0 Å². The Balaban J connectivity index is 3.78. The Morgan fingerprint density at radius 3 is 2.12 bits per heavy atom. The summed E-state index contributed by atoms with van der Waals surface area (Å²) >= 11 is 0. The predicted octanol–water partition coefficient (Wildman–Crippen LogP) is 3.03. The molecule has 0 fully saturated rings. The predicted molar refractivity (Wildman–Crippen MR) is 64.9 cm³/mol. The fraction of sp³-hybridized carbons (Fsp3) is 1.00. The second kappa shape index (κ2) is 7.21. The molecule has 0 radical (unpaired) electrons. The van der Waals surface area contributed by atoms with Crippen LogP contribution in [0.5, 0.6) is 0 Å². The summed E-state index contributed by atoms with van der Waals surface area (Å²) < 4.78 is 36.6. The lowest BCUT2D eigenvalue weighted by atomic mass is 9.87. The van der Waals surface area contributed by atoms with E-state index in [0.717, 1.165) is 19.3 Å². The highest BCUT2D eigenvalue weighted by Gasteiger charge is 2.29. The van der Waals surface area contributed by atoms with E-state index in [0.29, 0.717) is 19.6 Å². The molecule has 104 valence electrons. The molecule has 0 aromatic rings. The van der Waals surface area contributed by atoms with Gasteiger partial charge in [-0.15, -0.1) is 0 Å². The van der Waals surface area contributed by atoms with Gasteiger partial charge in [-0.05, 0) is 37.9 Å². The van der Waals surface area contributed by atoms with Crippen molar-refractivity contribution in [2.45, 2.75) is 46.2 Å². The average molecular weight is 254 g/mol. The third-order valence-corrected chi connectivity index (χ3v) is 2.98. The van der Waals surface area contributed by atoms with Crippen LogP contribution in [0.2, 0.25) is 0 Å². The summed E-state index contributed by atoms with van der Waals surface area (Å²) in [6.45, 7) is 6.70. The zero-order chi connectivity index (χ0) is 13.5. The number of unbranched alkanes of at least 4 members (excludes halogenated alkanes) is 1.